The Morgan fingerprint density at radius 3 is 2.58 bits per heavy atom. The molecule has 1 aromatic rings. The number of aliphatic carboxylic acids is 1. The molecule has 0 radical (unpaired) electrons. The van der Waals surface area contributed by atoms with Gasteiger partial charge in [-0.1, -0.05) is 75.7 Å². The van der Waals surface area contributed by atoms with Crippen LogP contribution in [0.2, 0.25) is 0 Å². The number of hydrogen-bond acceptors (Lipinski definition) is 2. The second kappa shape index (κ2) is 12.6. The Hall–Kier alpha value is -1.75. The fraction of sp³-hybridized carbons (Fsp3) is 0.632. The Bertz CT molecular complexity index is 457. The molecule has 0 bridgehead atoms. The van der Waals surface area contributed by atoms with Gasteiger partial charge >= 0.3 is 5.97 Å². The van der Waals surface area contributed by atoms with E-state index in [1.807, 2.05) is 18.3 Å². The van der Waals surface area contributed by atoms with Crippen molar-refractivity contribution in [1.82, 2.24) is 4.98 Å². The van der Waals surface area contributed by atoms with Gasteiger partial charge in [-0.25, -0.2) is 4.79 Å². The largest absolute Gasteiger partial charge is 0.478 e. The zero-order chi connectivity index (χ0) is 17.6. The molecule has 136 valence electrons. The van der Waals surface area contributed by atoms with Crippen molar-refractivity contribution in [3.8, 4) is 0 Å². The van der Waals surface area contributed by atoms with Gasteiger partial charge in [-0.2, -0.15) is 0 Å². The molecule has 0 aromatic carbocycles. The van der Waals surface area contributed by atoms with Gasteiger partial charge in [0.1, 0.15) is 0 Å². The number of hydrogen-bond donors (Lipinski definition) is 3. The van der Waals surface area contributed by atoms with Crippen LogP contribution in [0.15, 0.2) is 30.5 Å². The molecule has 2 atom stereocenters. The van der Waals surface area contributed by atoms with Crippen LogP contribution in [-0.4, -0.2) is 28.1 Å². The van der Waals surface area contributed by atoms with E-state index >= 15 is 0 Å². The molecule has 5 nitrogen and oxygen atoms in total. The quantitative estimate of drug-likeness (QED) is 0.334. The molecule has 1 rings (SSSR count). The molecule has 0 saturated heterocycles. The Morgan fingerprint density at radius 1 is 1.25 bits per heavy atom. The van der Waals surface area contributed by atoms with Gasteiger partial charge in [-0.05, 0) is 25.3 Å². The molecule has 0 aliphatic heterocycles. The molecule has 0 aliphatic rings. The maximum absolute atomic E-state index is 10.7. The standard InChI is InChI=1S/C19H32N3O2/c1-2-3-9-16(20)10-6-4-5-7-11-17(13-14-19(23)24)22-18-12-8-15-21-18/h8,12-17,21H,2-7,9-11,20H2,1H3,(H,23,24)/q-1/b14-13+/t16-,17+/m0/s1. The summed E-state index contributed by atoms with van der Waals surface area (Å²) >= 11 is 0. The summed E-state index contributed by atoms with van der Waals surface area (Å²) < 4.78 is 0. The minimum Gasteiger partial charge on any atom is -0.478 e. The van der Waals surface area contributed by atoms with Crippen molar-refractivity contribution in [2.75, 3.05) is 0 Å². The van der Waals surface area contributed by atoms with E-state index in [0.29, 0.717) is 6.04 Å². The Labute approximate surface area is 145 Å². The minimum absolute atomic E-state index is 0.0911. The minimum atomic E-state index is -0.928. The van der Waals surface area contributed by atoms with Gasteiger partial charge in [0.05, 0.1) is 0 Å². The van der Waals surface area contributed by atoms with Crippen LogP contribution in [0.25, 0.3) is 5.32 Å². The van der Waals surface area contributed by atoms with Crippen molar-refractivity contribution >= 4 is 11.8 Å². The maximum Gasteiger partial charge on any atom is 0.327 e. The molecule has 0 unspecified atom stereocenters. The van der Waals surface area contributed by atoms with Crippen LogP contribution >= 0.6 is 0 Å². The van der Waals surface area contributed by atoms with Crippen LogP contribution in [-0.2, 0) is 4.79 Å². The maximum atomic E-state index is 10.7. The van der Waals surface area contributed by atoms with E-state index < -0.39 is 5.97 Å². The number of nitrogens with one attached hydrogen (secondary N) is 1. The number of unbranched alkanes of at least 4 members (excludes halogenated alkanes) is 4. The summed E-state index contributed by atoms with van der Waals surface area (Å²) in [5.74, 6) is -0.139. The fourth-order valence-electron chi connectivity index (χ4n) is 2.70. The summed E-state index contributed by atoms with van der Waals surface area (Å²) in [6.07, 6.45) is 14.7. The van der Waals surface area contributed by atoms with Crippen LogP contribution in [0.1, 0.15) is 64.7 Å². The lowest BCUT2D eigenvalue weighted by atomic mass is 10.0. The summed E-state index contributed by atoms with van der Waals surface area (Å²) in [5, 5.41) is 13.3. The van der Waals surface area contributed by atoms with Gasteiger partial charge in [-0.3, -0.25) is 0 Å². The van der Waals surface area contributed by atoms with Crippen molar-refractivity contribution < 1.29 is 9.90 Å². The molecule has 0 fully saturated rings. The highest BCUT2D eigenvalue weighted by atomic mass is 16.4. The number of nitrogens with two attached hydrogens (primary N) is 1. The van der Waals surface area contributed by atoms with E-state index in [1.165, 1.54) is 31.8 Å². The third kappa shape index (κ3) is 10.1. The molecule has 5 heteroatoms. The molecule has 0 spiro atoms. The van der Waals surface area contributed by atoms with Crippen LogP contribution in [0.4, 0.5) is 5.82 Å². The van der Waals surface area contributed by atoms with E-state index in [-0.39, 0.29) is 6.04 Å². The zero-order valence-corrected chi connectivity index (χ0v) is 14.8. The van der Waals surface area contributed by atoms with Crippen LogP contribution in [0.5, 0.6) is 0 Å². The lowest BCUT2D eigenvalue weighted by molar-refractivity contribution is -0.131. The molecule has 1 aromatic heterocycles. The first kappa shape index (κ1) is 20.3. The Kier molecular flexibility index (Phi) is 10.7. The Balaban J connectivity index is 2.21. The predicted molar refractivity (Wildman–Crippen MR) is 99.6 cm³/mol. The van der Waals surface area contributed by atoms with Crippen LogP contribution in [0, 0.1) is 0 Å². The average Bonchev–Trinajstić information content (AvgIpc) is 3.06. The van der Waals surface area contributed by atoms with E-state index in [9.17, 15) is 4.79 Å². The lowest BCUT2D eigenvalue weighted by Gasteiger charge is -2.21. The average molecular weight is 334 g/mol. The monoisotopic (exact) mass is 334 g/mol. The van der Waals surface area contributed by atoms with Crippen molar-refractivity contribution in [2.24, 2.45) is 5.73 Å². The molecule has 0 saturated carbocycles. The number of aromatic amines is 1. The number of carbonyl (C=O) groups is 1. The first-order chi connectivity index (χ1) is 11.6. The summed E-state index contributed by atoms with van der Waals surface area (Å²) in [5.41, 5.74) is 6.08. The number of nitrogens with zero attached hydrogens (tertiary/aromatic N) is 1. The third-order valence-electron chi connectivity index (χ3n) is 4.10. The van der Waals surface area contributed by atoms with Gasteiger partial charge in [0.2, 0.25) is 0 Å². The molecule has 4 N–H and O–H groups in total. The summed E-state index contributed by atoms with van der Waals surface area (Å²) in [4.78, 5) is 13.7. The van der Waals surface area contributed by atoms with Gasteiger partial charge in [0.15, 0.2) is 0 Å². The van der Waals surface area contributed by atoms with E-state index in [1.54, 1.807) is 6.08 Å². The summed E-state index contributed by atoms with van der Waals surface area (Å²) in [6.45, 7) is 2.19. The van der Waals surface area contributed by atoms with Crippen molar-refractivity contribution in [1.29, 1.82) is 0 Å². The fourth-order valence-corrected chi connectivity index (χ4v) is 2.70. The molecule has 0 amide bonds. The summed E-state index contributed by atoms with van der Waals surface area (Å²) in [6, 6.07) is 4.03. The predicted octanol–water partition coefficient (Wildman–Crippen LogP) is 4.89. The van der Waals surface area contributed by atoms with Crippen molar-refractivity contribution in [3.63, 3.8) is 0 Å². The second-order valence-electron chi connectivity index (χ2n) is 6.34. The highest BCUT2D eigenvalue weighted by Gasteiger charge is 2.03. The first-order valence-corrected chi connectivity index (χ1v) is 9.12. The number of carboxylic acids is 1. The van der Waals surface area contributed by atoms with E-state index in [0.717, 1.165) is 37.9 Å². The molecular weight excluding hydrogens is 302 g/mol. The number of aromatic nitrogens is 1. The molecule has 24 heavy (non-hydrogen) atoms. The van der Waals surface area contributed by atoms with Gasteiger partial charge in [0.25, 0.3) is 0 Å². The highest BCUT2D eigenvalue weighted by Crippen LogP contribution is 2.23. The van der Waals surface area contributed by atoms with Crippen molar-refractivity contribution in [2.45, 2.75) is 76.8 Å². The molecule has 1 heterocycles. The van der Waals surface area contributed by atoms with Crippen molar-refractivity contribution in [3.05, 3.63) is 35.8 Å². The molecular formula is C19H32N3O2-. The first-order valence-electron chi connectivity index (χ1n) is 9.12. The second-order valence-corrected chi connectivity index (χ2v) is 6.34. The van der Waals surface area contributed by atoms with Crippen LogP contribution < -0.4 is 5.73 Å². The number of carboxylic acid groups (broad SMARTS) is 1. The molecule has 0 aliphatic carbocycles. The van der Waals surface area contributed by atoms with Gasteiger partial charge in [-0.15, -0.1) is 0 Å². The van der Waals surface area contributed by atoms with Crippen LogP contribution in [0.3, 0.4) is 0 Å². The normalized spacial score (nSPS) is 13.9. The summed E-state index contributed by atoms with van der Waals surface area (Å²) in [7, 11) is 0. The highest BCUT2D eigenvalue weighted by molar-refractivity contribution is 5.80. The van der Waals surface area contributed by atoms with Gasteiger partial charge < -0.3 is 21.1 Å². The SMILES string of the molecule is CCCC[C@H](N)CCCCCC[C@H](/C=C/C(=O)O)[N-]c1ccc[nH]1. The van der Waals surface area contributed by atoms with E-state index in [2.05, 4.69) is 17.2 Å². The number of rotatable bonds is 14. The smallest absolute Gasteiger partial charge is 0.327 e. The zero-order valence-electron chi connectivity index (χ0n) is 14.8. The topological polar surface area (TPSA) is 93.2 Å². The lowest BCUT2D eigenvalue weighted by Crippen LogP contribution is -2.19. The van der Waals surface area contributed by atoms with E-state index in [4.69, 9.17) is 10.8 Å². The number of H-pyrrole nitrogens is 1. The Morgan fingerprint density at radius 2 is 1.96 bits per heavy atom. The third-order valence-corrected chi connectivity index (χ3v) is 4.10. The van der Waals surface area contributed by atoms with Gasteiger partial charge in [0, 0.05) is 12.1 Å².